The van der Waals surface area contributed by atoms with Crippen molar-refractivity contribution in [2.75, 3.05) is 5.32 Å². The molecule has 2 N–H and O–H groups in total. The van der Waals surface area contributed by atoms with Crippen molar-refractivity contribution < 1.29 is 9.18 Å². The maximum Gasteiger partial charge on any atom is 0.270 e. The van der Waals surface area contributed by atoms with E-state index < -0.39 is 5.91 Å². The van der Waals surface area contributed by atoms with Crippen LogP contribution in [-0.2, 0) is 6.54 Å². The summed E-state index contributed by atoms with van der Waals surface area (Å²) in [4.78, 5) is 20.9. The lowest BCUT2D eigenvalue weighted by Gasteiger charge is -2.09. The number of rotatable bonds is 5. The van der Waals surface area contributed by atoms with Gasteiger partial charge in [-0.3, -0.25) is 4.79 Å². The molecule has 7 heteroatoms. The van der Waals surface area contributed by atoms with E-state index in [0.717, 1.165) is 0 Å². The van der Waals surface area contributed by atoms with Crippen molar-refractivity contribution >= 4 is 17.5 Å². The fraction of sp³-hybridized carbons (Fsp3) is 0.100. The molecule has 0 aliphatic carbocycles. The van der Waals surface area contributed by atoms with Crippen molar-refractivity contribution in [1.82, 2.24) is 15.3 Å². The summed E-state index contributed by atoms with van der Waals surface area (Å²) in [6.07, 6.45) is 0. The molecule has 3 rings (SSSR count). The first-order valence-electron chi connectivity index (χ1n) is 8.19. The third-order valence-electron chi connectivity index (χ3n) is 3.75. The summed E-state index contributed by atoms with van der Waals surface area (Å²) in [5.74, 6) is -0.540. The summed E-state index contributed by atoms with van der Waals surface area (Å²) in [7, 11) is 0. The third kappa shape index (κ3) is 4.64. The molecule has 0 bridgehead atoms. The Morgan fingerprint density at radius 1 is 1.15 bits per heavy atom. The van der Waals surface area contributed by atoms with Gasteiger partial charge in [0.2, 0.25) is 5.95 Å². The van der Waals surface area contributed by atoms with Gasteiger partial charge < -0.3 is 10.6 Å². The van der Waals surface area contributed by atoms with Crippen LogP contribution in [0.25, 0.3) is 0 Å². The number of carbonyl (C=O) groups excluding carboxylic acids is 1. The fourth-order valence-corrected chi connectivity index (χ4v) is 2.41. The first kappa shape index (κ1) is 18.0. The Bertz CT molecular complexity index is 1010. The molecule has 0 aliphatic rings. The first-order chi connectivity index (χ1) is 13.0. The van der Waals surface area contributed by atoms with Gasteiger partial charge >= 0.3 is 0 Å². The third-order valence-corrected chi connectivity index (χ3v) is 3.75. The Hall–Kier alpha value is -3.79. The van der Waals surface area contributed by atoms with Crippen molar-refractivity contribution in [1.29, 1.82) is 5.26 Å². The molecule has 1 aromatic heterocycles. The van der Waals surface area contributed by atoms with E-state index in [1.165, 1.54) is 6.07 Å². The highest BCUT2D eigenvalue weighted by Crippen LogP contribution is 2.15. The Morgan fingerprint density at radius 3 is 2.59 bits per heavy atom. The molecule has 6 nitrogen and oxygen atoms in total. The van der Waals surface area contributed by atoms with E-state index >= 15 is 0 Å². The zero-order chi connectivity index (χ0) is 19.2. The van der Waals surface area contributed by atoms with Crippen LogP contribution in [0.4, 0.5) is 16.0 Å². The number of hydrogen-bond donors (Lipinski definition) is 2. The molecule has 2 aromatic carbocycles. The van der Waals surface area contributed by atoms with Gasteiger partial charge in [-0.1, -0.05) is 18.2 Å². The van der Waals surface area contributed by atoms with Crippen molar-refractivity contribution in [2.45, 2.75) is 13.5 Å². The van der Waals surface area contributed by atoms with Crippen molar-refractivity contribution in [3.8, 4) is 6.07 Å². The molecular weight excluding hydrogens is 345 g/mol. The maximum absolute atomic E-state index is 13.7. The predicted molar refractivity (Wildman–Crippen MR) is 98.8 cm³/mol. The second kappa shape index (κ2) is 8.06. The van der Waals surface area contributed by atoms with Gasteiger partial charge in [0.1, 0.15) is 11.5 Å². The van der Waals surface area contributed by atoms with E-state index in [9.17, 15) is 9.18 Å². The van der Waals surface area contributed by atoms with E-state index in [0.29, 0.717) is 22.5 Å². The monoisotopic (exact) mass is 361 g/mol. The van der Waals surface area contributed by atoms with Gasteiger partial charge in [0.05, 0.1) is 11.6 Å². The number of nitrogens with one attached hydrogen (secondary N) is 2. The lowest BCUT2D eigenvalue weighted by molar-refractivity contribution is 0.0945. The molecule has 0 aliphatic heterocycles. The number of nitrogens with zero attached hydrogens (tertiary/aromatic N) is 3. The van der Waals surface area contributed by atoms with Crippen molar-refractivity contribution in [3.63, 3.8) is 0 Å². The smallest absolute Gasteiger partial charge is 0.270 e. The zero-order valence-electron chi connectivity index (χ0n) is 14.5. The summed E-state index contributed by atoms with van der Waals surface area (Å²) < 4.78 is 13.7. The normalized spacial score (nSPS) is 10.1. The molecular formula is C20H16FN5O. The number of halogens is 1. The van der Waals surface area contributed by atoms with Crippen LogP contribution >= 0.6 is 0 Å². The van der Waals surface area contributed by atoms with E-state index in [2.05, 4.69) is 20.6 Å². The summed E-state index contributed by atoms with van der Waals surface area (Å²) in [6.45, 7) is 1.81. The highest BCUT2D eigenvalue weighted by molar-refractivity contribution is 5.92. The van der Waals surface area contributed by atoms with Gasteiger partial charge in [0.25, 0.3) is 5.91 Å². The lowest BCUT2D eigenvalue weighted by atomic mass is 10.2. The molecule has 1 heterocycles. The summed E-state index contributed by atoms with van der Waals surface area (Å²) >= 11 is 0. The number of amides is 1. The molecule has 0 saturated carbocycles. The quantitative estimate of drug-likeness (QED) is 0.726. The van der Waals surface area contributed by atoms with Crippen LogP contribution in [0.5, 0.6) is 0 Å². The number of nitriles is 1. The van der Waals surface area contributed by atoms with Crippen LogP contribution in [-0.4, -0.2) is 15.9 Å². The first-order valence-corrected chi connectivity index (χ1v) is 8.19. The number of carbonyl (C=O) groups is 1. The van der Waals surface area contributed by atoms with Gasteiger partial charge in [-0.2, -0.15) is 5.26 Å². The molecule has 0 spiro atoms. The molecule has 134 valence electrons. The van der Waals surface area contributed by atoms with E-state index in [4.69, 9.17) is 5.26 Å². The van der Waals surface area contributed by atoms with Crippen molar-refractivity contribution in [3.05, 3.63) is 82.9 Å². The molecule has 27 heavy (non-hydrogen) atoms. The molecule has 0 unspecified atom stereocenters. The van der Waals surface area contributed by atoms with Crippen LogP contribution < -0.4 is 10.6 Å². The SMILES string of the molecule is Cc1cc(C(=O)NCc2ccccc2F)nc(Nc2ccc(C#N)cc2)n1. The Balaban J connectivity index is 1.73. The number of anilines is 2. The molecule has 3 aromatic rings. The van der Waals surface area contributed by atoms with Gasteiger partial charge in [-0.05, 0) is 43.3 Å². The summed E-state index contributed by atoms with van der Waals surface area (Å²) in [5, 5.41) is 14.5. The number of aryl methyl sites for hydroxylation is 1. The van der Waals surface area contributed by atoms with Crippen LogP contribution in [0, 0.1) is 24.1 Å². The highest BCUT2D eigenvalue weighted by atomic mass is 19.1. The molecule has 0 fully saturated rings. The van der Waals surface area contributed by atoms with E-state index in [-0.39, 0.29) is 24.0 Å². The van der Waals surface area contributed by atoms with E-state index in [1.54, 1.807) is 55.5 Å². The zero-order valence-corrected chi connectivity index (χ0v) is 14.5. The molecule has 0 saturated heterocycles. The van der Waals surface area contributed by atoms with Gasteiger partial charge in [-0.25, -0.2) is 14.4 Å². The van der Waals surface area contributed by atoms with Crippen LogP contribution in [0.15, 0.2) is 54.6 Å². The minimum atomic E-state index is -0.424. The van der Waals surface area contributed by atoms with Gasteiger partial charge in [-0.15, -0.1) is 0 Å². The Labute approximate surface area is 155 Å². The average molecular weight is 361 g/mol. The Kier molecular flexibility index (Phi) is 5.38. The second-order valence-corrected chi connectivity index (χ2v) is 5.81. The largest absolute Gasteiger partial charge is 0.347 e. The topological polar surface area (TPSA) is 90.7 Å². The van der Waals surface area contributed by atoms with Crippen LogP contribution in [0.2, 0.25) is 0 Å². The molecule has 0 atom stereocenters. The van der Waals surface area contributed by atoms with Crippen LogP contribution in [0.1, 0.15) is 27.3 Å². The van der Waals surface area contributed by atoms with Crippen molar-refractivity contribution in [2.24, 2.45) is 0 Å². The highest BCUT2D eigenvalue weighted by Gasteiger charge is 2.12. The lowest BCUT2D eigenvalue weighted by Crippen LogP contribution is -2.25. The van der Waals surface area contributed by atoms with E-state index in [1.807, 2.05) is 6.07 Å². The summed E-state index contributed by atoms with van der Waals surface area (Å²) in [5.41, 5.74) is 2.41. The molecule has 0 radical (unpaired) electrons. The molecule has 1 amide bonds. The fourth-order valence-electron chi connectivity index (χ4n) is 2.41. The van der Waals surface area contributed by atoms with Gasteiger partial charge in [0.15, 0.2) is 0 Å². The number of benzene rings is 2. The number of aromatic nitrogens is 2. The summed E-state index contributed by atoms with van der Waals surface area (Å²) in [6, 6.07) is 16.6. The van der Waals surface area contributed by atoms with Crippen LogP contribution in [0.3, 0.4) is 0 Å². The second-order valence-electron chi connectivity index (χ2n) is 5.81. The van der Waals surface area contributed by atoms with Gasteiger partial charge in [0, 0.05) is 23.5 Å². The predicted octanol–water partition coefficient (Wildman–Crippen LogP) is 3.47. The maximum atomic E-state index is 13.7. The Morgan fingerprint density at radius 2 is 1.89 bits per heavy atom. The minimum absolute atomic E-state index is 0.0624. The minimum Gasteiger partial charge on any atom is -0.347 e. The standard InChI is InChI=1S/C20H16FN5O/c1-13-10-18(19(27)23-12-15-4-2-3-5-17(15)21)26-20(24-13)25-16-8-6-14(11-22)7-9-16/h2-10H,12H2,1H3,(H,23,27)(H,24,25,26). The average Bonchev–Trinajstić information content (AvgIpc) is 2.67. The number of hydrogen-bond acceptors (Lipinski definition) is 5.